The van der Waals surface area contributed by atoms with Crippen LogP contribution >= 0.6 is 0 Å². The molecule has 2 aromatic carbocycles. The van der Waals surface area contributed by atoms with Crippen LogP contribution in [0.2, 0.25) is 0 Å². The highest BCUT2D eigenvalue weighted by Crippen LogP contribution is 2.65. The lowest BCUT2D eigenvalue weighted by molar-refractivity contribution is 0.156. The van der Waals surface area contributed by atoms with Crippen LogP contribution < -0.4 is 0 Å². The molecule has 0 radical (unpaired) electrons. The molecule has 0 bridgehead atoms. The second kappa shape index (κ2) is 5.18. The van der Waals surface area contributed by atoms with E-state index in [0.717, 1.165) is 36.8 Å². The van der Waals surface area contributed by atoms with Crippen LogP contribution in [0.1, 0.15) is 43.2 Å². The minimum atomic E-state index is -3.32. The normalized spacial score (nSPS) is 31.6. The van der Waals surface area contributed by atoms with Crippen molar-refractivity contribution in [3.63, 3.8) is 0 Å². The van der Waals surface area contributed by atoms with Gasteiger partial charge in [0.15, 0.2) is 9.84 Å². The second-order valence-electron chi connectivity index (χ2n) is 7.78. The third-order valence-electron chi connectivity index (χ3n) is 6.32. The fourth-order valence-corrected chi connectivity index (χ4v) is 7.41. The van der Waals surface area contributed by atoms with E-state index in [1.165, 1.54) is 6.42 Å². The van der Waals surface area contributed by atoms with Crippen molar-refractivity contribution in [3.8, 4) is 0 Å². The van der Waals surface area contributed by atoms with E-state index >= 15 is 0 Å². The first kappa shape index (κ1) is 15.6. The summed E-state index contributed by atoms with van der Waals surface area (Å²) in [7, 11) is -3.32. The minimum Gasteiger partial charge on any atom is -0.355 e. The van der Waals surface area contributed by atoms with Gasteiger partial charge in [0.2, 0.25) is 0 Å². The maximum atomic E-state index is 13.3. The summed E-state index contributed by atoms with van der Waals surface area (Å²) >= 11 is 0. The Balaban J connectivity index is 1.78. The fourth-order valence-electron chi connectivity index (χ4n) is 5.21. The van der Waals surface area contributed by atoms with Crippen LogP contribution in [0.3, 0.4) is 0 Å². The topological polar surface area (TPSA) is 46.7 Å². The molecule has 1 saturated carbocycles. The van der Waals surface area contributed by atoms with Gasteiger partial charge in [0.05, 0.1) is 10.6 Å². The zero-order valence-corrected chi connectivity index (χ0v) is 15.0. The van der Waals surface area contributed by atoms with Crippen LogP contribution in [0.25, 0.3) is 0 Å². The summed E-state index contributed by atoms with van der Waals surface area (Å²) in [5.74, 6) is 0.219. The van der Waals surface area contributed by atoms with Gasteiger partial charge in [-0.25, -0.2) is 8.42 Å². The number of epoxide rings is 1. The van der Waals surface area contributed by atoms with Gasteiger partial charge < -0.3 is 4.74 Å². The molecule has 4 heteroatoms. The van der Waals surface area contributed by atoms with E-state index in [0.29, 0.717) is 4.90 Å². The van der Waals surface area contributed by atoms with Gasteiger partial charge in [-0.1, -0.05) is 67.8 Å². The Kier molecular flexibility index (Phi) is 3.23. The molecular weight excluding hydrogens is 332 g/mol. The molecule has 0 aromatic heterocycles. The van der Waals surface area contributed by atoms with Crippen LogP contribution in [0.15, 0.2) is 59.5 Å². The molecule has 2 atom stereocenters. The van der Waals surface area contributed by atoms with Gasteiger partial charge in [-0.05, 0) is 24.5 Å². The van der Waals surface area contributed by atoms with E-state index in [9.17, 15) is 8.42 Å². The number of sulfone groups is 1. The maximum absolute atomic E-state index is 13.3. The number of hydrogen-bond donors (Lipinski definition) is 0. The predicted molar refractivity (Wildman–Crippen MR) is 96.1 cm³/mol. The Morgan fingerprint density at radius 2 is 1.56 bits per heavy atom. The molecule has 0 amide bonds. The van der Waals surface area contributed by atoms with E-state index in [1.807, 2.05) is 36.4 Å². The molecule has 2 aliphatic heterocycles. The zero-order valence-electron chi connectivity index (χ0n) is 14.1. The molecule has 3 nitrogen and oxygen atoms in total. The van der Waals surface area contributed by atoms with Gasteiger partial charge in [0, 0.05) is 11.0 Å². The number of benzene rings is 2. The molecule has 130 valence electrons. The highest BCUT2D eigenvalue weighted by Gasteiger charge is 2.70. The molecule has 2 heterocycles. The van der Waals surface area contributed by atoms with Crippen molar-refractivity contribution >= 4 is 9.84 Å². The van der Waals surface area contributed by atoms with Gasteiger partial charge in [0.25, 0.3) is 0 Å². The van der Waals surface area contributed by atoms with Gasteiger partial charge in [-0.3, -0.25) is 0 Å². The Labute approximate surface area is 148 Å². The molecule has 2 fully saturated rings. The van der Waals surface area contributed by atoms with E-state index in [-0.39, 0.29) is 17.3 Å². The average molecular weight is 354 g/mol. The van der Waals surface area contributed by atoms with Crippen LogP contribution in [0.5, 0.6) is 0 Å². The molecule has 2 unspecified atom stereocenters. The Bertz CT molecular complexity index is 913. The summed E-state index contributed by atoms with van der Waals surface area (Å²) in [6.45, 7) is 0. The molecule has 1 spiro atoms. The Hall–Kier alpha value is -1.65. The average Bonchev–Trinajstić information content (AvgIpc) is 3.41. The zero-order chi connectivity index (χ0) is 17.1. The van der Waals surface area contributed by atoms with Crippen LogP contribution in [0, 0.1) is 5.41 Å². The molecule has 1 aliphatic carbocycles. The quantitative estimate of drug-likeness (QED) is 0.725. The lowest BCUT2D eigenvalue weighted by Gasteiger charge is -2.35. The van der Waals surface area contributed by atoms with E-state index in [1.54, 1.807) is 6.07 Å². The van der Waals surface area contributed by atoms with Crippen molar-refractivity contribution in [1.29, 1.82) is 0 Å². The standard InChI is InChI=1S/C21H22O3S/c22-25(23)15-20(13-7-2-8-14-20)19-21(24-19,16-9-3-1-4-10-16)17-11-5-6-12-18(17)25/h1,3-6,9-12,19H,2,7-8,13-15H2. The highest BCUT2D eigenvalue weighted by molar-refractivity contribution is 7.91. The lowest BCUT2D eigenvalue weighted by atomic mass is 9.68. The van der Waals surface area contributed by atoms with Crippen molar-refractivity contribution in [1.82, 2.24) is 0 Å². The van der Waals surface area contributed by atoms with Gasteiger partial charge in [-0.2, -0.15) is 0 Å². The first-order valence-electron chi connectivity index (χ1n) is 9.14. The fraction of sp³-hybridized carbons (Fsp3) is 0.429. The number of hydrogen-bond acceptors (Lipinski definition) is 3. The van der Waals surface area contributed by atoms with Crippen molar-refractivity contribution in [2.45, 2.75) is 48.7 Å². The third kappa shape index (κ3) is 2.10. The monoisotopic (exact) mass is 354 g/mol. The summed E-state index contributed by atoms with van der Waals surface area (Å²) in [6, 6.07) is 17.6. The molecular formula is C21H22O3S. The van der Waals surface area contributed by atoms with Crippen molar-refractivity contribution in [3.05, 3.63) is 65.7 Å². The minimum absolute atomic E-state index is 0.0406. The third-order valence-corrected chi connectivity index (χ3v) is 8.30. The number of ether oxygens (including phenoxy) is 1. The van der Waals surface area contributed by atoms with Crippen molar-refractivity contribution in [2.24, 2.45) is 5.41 Å². The van der Waals surface area contributed by atoms with Crippen LogP contribution in [0.4, 0.5) is 0 Å². The first-order valence-corrected chi connectivity index (χ1v) is 10.8. The second-order valence-corrected chi connectivity index (χ2v) is 9.74. The van der Waals surface area contributed by atoms with Crippen molar-refractivity contribution < 1.29 is 13.2 Å². The molecule has 3 aliphatic rings. The SMILES string of the molecule is O=S1(=O)CC2(CCCCC2)C2OC2(c2ccccc2)c2ccccc21. The summed E-state index contributed by atoms with van der Waals surface area (Å²) in [4.78, 5) is 0.462. The predicted octanol–water partition coefficient (Wildman–Crippen LogP) is 4.07. The molecule has 2 aromatic rings. The smallest absolute Gasteiger partial charge is 0.179 e. The maximum Gasteiger partial charge on any atom is 0.179 e. The summed E-state index contributed by atoms with van der Waals surface area (Å²) < 4.78 is 33.0. The molecule has 5 rings (SSSR count). The van der Waals surface area contributed by atoms with Crippen LogP contribution in [-0.2, 0) is 20.2 Å². The Morgan fingerprint density at radius 1 is 0.880 bits per heavy atom. The molecule has 1 saturated heterocycles. The first-order chi connectivity index (χ1) is 12.1. The van der Waals surface area contributed by atoms with E-state index in [4.69, 9.17) is 4.74 Å². The largest absolute Gasteiger partial charge is 0.355 e. The van der Waals surface area contributed by atoms with Gasteiger partial charge in [0.1, 0.15) is 11.7 Å². The highest BCUT2D eigenvalue weighted by atomic mass is 32.2. The van der Waals surface area contributed by atoms with E-state index in [2.05, 4.69) is 12.1 Å². The lowest BCUT2D eigenvalue weighted by Crippen LogP contribution is -2.38. The summed E-state index contributed by atoms with van der Waals surface area (Å²) in [5.41, 5.74) is 1.05. The Morgan fingerprint density at radius 3 is 2.32 bits per heavy atom. The van der Waals surface area contributed by atoms with Crippen LogP contribution in [-0.4, -0.2) is 20.3 Å². The summed E-state index contributed by atoms with van der Waals surface area (Å²) in [5, 5.41) is 0. The van der Waals surface area contributed by atoms with Crippen molar-refractivity contribution in [2.75, 3.05) is 5.75 Å². The molecule has 25 heavy (non-hydrogen) atoms. The van der Waals surface area contributed by atoms with Gasteiger partial charge >= 0.3 is 0 Å². The number of rotatable bonds is 1. The summed E-state index contributed by atoms with van der Waals surface area (Å²) in [6.07, 6.45) is 5.23. The van der Waals surface area contributed by atoms with E-state index < -0.39 is 15.4 Å². The number of fused-ring (bicyclic) bond motifs is 4. The molecule has 0 N–H and O–H groups in total. The van der Waals surface area contributed by atoms with Gasteiger partial charge in [-0.15, -0.1) is 0 Å².